The molecule has 1 aromatic rings. The molecule has 3 nitrogen and oxygen atoms in total. The summed E-state index contributed by atoms with van der Waals surface area (Å²) in [5.41, 5.74) is 0.736. The van der Waals surface area contributed by atoms with Crippen molar-refractivity contribution in [1.82, 2.24) is 4.90 Å². The van der Waals surface area contributed by atoms with Crippen molar-refractivity contribution in [1.29, 1.82) is 0 Å². The van der Waals surface area contributed by atoms with Gasteiger partial charge >= 0.3 is 0 Å². The number of imide groups is 1. The second-order valence-electron chi connectivity index (χ2n) is 4.00. The lowest BCUT2D eigenvalue weighted by molar-refractivity contribution is -0.140. The normalized spacial score (nSPS) is 17.7. The van der Waals surface area contributed by atoms with Crippen molar-refractivity contribution in [2.24, 2.45) is 0 Å². The second kappa shape index (κ2) is 4.67. The lowest BCUT2D eigenvalue weighted by atomic mass is 10.1. The number of nitrogens with zero attached hydrogens (tertiary/aromatic N) is 1. The van der Waals surface area contributed by atoms with Gasteiger partial charge in [-0.25, -0.2) is 0 Å². The summed E-state index contributed by atoms with van der Waals surface area (Å²) in [4.78, 5) is 24.5. The maximum atomic E-state index is 11.6. The molecule has 1 aliphatic rings. The summed E-state index contributed by atoms with van der Waals surface area (Å²) < 4.78 is 0. The van der Waals surface area contributed by atoms with E-state index >= 15 is 0 Å². The number of benzene rings is 1. The van der Waals surface area contributed by atoms with Crippen LogP contribution in [0.3, 0.4) is 0 Å². The van der Waals surface area contributed by atoms with Crippen molar-refractivity contribution in [3.8, 4) is 0 Å². The van der Waals surface area contributed by atoms with Crippen LogP contribution in [0.2, 0.25) is 10.0 Å². The van der Waals surface area contributed by atoms with Gasteiger partial charge in [-0.3, -0.25) is 14.5 Å². The molecule has 0 radical (unpaired) electrons. The third-order valence-electron chi connectivity index (χ3n) is 2.89. The van der Waals surface area contributed by atoms with Crippen molar-refractivity contribution < 1.29 is 9.59 Å². The van der Waals surface area contributed by atoms with Crippen molar-refractivity contribution in [2.45, 2.75) is 25.8 Å². The fraction of sp³-hybridized carbons (Fsp3) is 0.333. The van der Waals surface area contributed by atoms with Gasteiger partial charge in [0.15, 0.2) is 0 Å². The summed E-state index contributed by atoms with van der Waals surface area (Å²) in [6.07, 6.45) is 0.572. The highest BCUT2D eigenvalue weighted by Crippen LogP contribution is 2.32. The van der Waals surface area contributed by atoms with E-state index in [0.717, 1.165) is 5.56 Å². The van der Waals surface area contributed by atoms with Crippen molar-refractivity contribution in [2.75, 3.05) is 0 Å². The molecule has 1 aromatic carbocycles. The Kier molecular flexibility index (Phi) is 3.40. The van der Waals surface area contributed by atoms with Crippen LogP contribution in [-0.2, 0) is 9.59 Å². The molecule has 2 rings (SSSR count). The standard InChI is InChI=1S/C12H11Cl2NO2/c1-7(15-11(16)4-5-12(15)17)9-3-2-8(13)6-10(9)14/h2-3,6-7H,4-5H2,1H3. The topological polar surface area (TPSA) is 37.4 Å². The highest BCUT2D eigenvalue weighted by atomic mass is 35.5. The number of carbonyl (C=O) groups excluding carboxylic acids is 2. The van der Waals surface area contributed by atoms with Crippen LogP contribution < -0.4 is 0 Å². The van der Waals surface area contributed by atoms with Crippen LogP contribution in [-0.4, -0.2) is 16.7 Å². The van der Waals surface area contributed by atoms with Crippen LogP contribution >= 0.6 is 23.2 Å². The summed E-state index contributed by atoms with van der Waals surface area (Å²) in [5, 5.41) is 1.00. The maximum absolute atomic E-state index is 11.6. The number of halogens is 2. The van der Waals surface area contributed by atoms with E-state index in [4.69, 9.17) is 23.2 Å². The van der Waals surface area contributed by atoms with Crippen LogP contribution in [0.25, 0.3) is 0 Å². The van der Waals surface area contributed by atoms with E-state index in [-0.39, 0.29) is 30.7 Å². The van der Waals surface area contributed by atoms with Crippen LogP contribution in [0.4, 0.5) is 0 Å². The molecule has 0 N–H and O–H groups in total. The van der Waals surface area contributed by atoms with Gasteiger partial charge in [-0.05, 0) is 24.6 Å². The number of hydrogen-bond acceptors (Lipinski definition) is 2. The van der Waals surface area contributed by atoms with E-state index in [2.05, 4.69) is 0 Å². The highest BCUT2D eigenvalue weighted by molar-refractivity contribution is 6.35. The number of hydrogen-bond donors (Lipinski definition) is 0. The summed E-state index contributed by atoms with van der Waals surface area (Å²) in [5.74, 6) is -0.290. The van der Waals surface area contributed by atoms with Crippen molar-refractivity contribution in [3.63, 3.8) is 0 Å². The van der Waals surface area contributed by atoms with Gasteiger partial charge in [0, 0.05) is 22.9 Å². The van der Waals surface area contributed by atoms with Crippen molar-refractivity contribution in [3.05, 3.63) is 33.8 Å². The number of likely N-dealkylation sites (tertiary alicyclic amines) is 1. The van der Waals surface area contributed by atoms with E-state index in [0.29, 0.717) is 10.0 Å². The largest absolute Gasteiger partial charge is 0.275 e. The quantitative estimate of drug-likeness (QED) is 0.775. The van der Waals surface area contributed by atoms with E-state index < -0.39 is 0 Å². The van der Waals surface area contributed by atoms with Gasteiger partial charge in [-0.15, -0.1) is 0 Å². The Morgan fingerprint density at radius 3 is 2.29 bits per heavy atom. The minimum absolute atomic E-state index is 0.145. The summed E-state index contributed by atoms with van der Waals surface area (Å²) in [6.45, 7) is 1.79. The summed E-state index contributed by atoms with van der Waals surface area (Å²) in [6, 6.07) is 4.71. The van der Waals surface area contributed by atoms with E-state index in [1.54, 1.807) is 25.1 Å². The van der Waals surface area contributed by atoms with E-state index in [1.807, 2.05) is 0 Å². The molecule has 0 spiro atoms. The van der Waals surface area contributed by atoms with E-state index in [9.17, 15) is 9.59 Å². The Morgan fingerprint density at radius 2 is 1.76 bits per heavy atom. The average molecular weight is 272 g/mol. The van der Waals surface area contributed by atoms with Gasteiger partial charge in [0.2, 0.25) is 11.8 Å². The first-order valence-corrected chi connectivity index (χ1v) is 6.06. The Bertz CT molecular complexity index is 471. The van der Waals surface area contributed by atoms with Crippen molar-refractivity contribution >= 4 is 35.0 Å². The van der Waals surface area contributed by atoms with Gasteiger partial charge in [0.1, 0.15) is 0 Å². The molecule has 0 saturated carbocycles. The third kappa shape index (κ3) is 2.31. The van der Waals surface area contributed by atoms with Gasteiger partial charge in [0.05, 0.1) is 6.04 Å². The Balaban J connectivity index is 2.33. The highest BCUT2D eigenvalue weighted by Gasteiger charge is 2.34. The predicted octanol–water partition coefficient (Wildman–Crippen LogP) is 3.20. The van der Waals surface area contributed by atoms with Gasteiger partial charge in [0.25, 0.3) is 0 Å². The third-order valence-corrected chi connectivity index (χ3v) is 3.45. The molecule has 1 heterocycles. The molecule has 0 aromatic heterocycles. The zero-order chi connectivity index (χ0) is 12.6. The summed E-state index contributed by atoms with van der Waals surface area (Å²) >= 11 is 11.9. The minimum atomic E-state index is -0.345. The molecule has 0 bridgehead atoms. The first-order chi connectivity index (χ1) is 8.00. The molecule has 0 aliphatic carbocycles. The lowest BCUT2D eigenvalue weighted by Crippen LogP contribution is -2.32. The Morgan fingerprint density at radius 1 is 1.18 bits per heavy atom. The molecule has 1 saturated heterocycles. The zero-order valence-corrected chi connectivity index (χ0v) is 10.8. The molecule has 2 amide bonds. The molecule has 5 heteroatoms. The minimum Gasteiger partial charge on any atom is -0.275 e. The lowest BCUT2D eigenvalue weighted by Gasteiger charge is -2.23. The van der Waals surface area contributed by atoms with Crippen LogP contribution in [0.15, 0.2) is 18.2 Å². The van der Waals surface area contributed by atoms with Crippen LogP contribution in [0, 0.1) is 0 Å². The molecule has 17 heavy (non-hydrogen) atoms. The van der Waals surface area contributed by atoms with E-state index in [1.165, 1.54) is 4.90 Å². The van der Waals surface area contributed by atoms with Gasteiger partial charge < -0.3 is 0 Å². The molecule has 1 unspecified atom stereocenters. The first-order valence-electron chi connectivity index (χ1n) is 5.30. The molecule has 1 atom stereocenters. The smallest absolute Gasteiger partial charge is 0.230 e. The number of carbonyl (C=O) groups is 2. The molecule has 1 fully saturated rings. The van der Waals surface area contributed by atoms with Gasteiger partial charge in [-0.2, -0.15) is 0 Å². The van der Waals surface area contributed by atoms with Crippen LogP contribution in [0.5, 0.6) is 0 Å². The molecule has 1 aliphatic heterocycles. The predicted molar refractivity (Wildman–Crippen MR) is 66.0 cm³/mol. The SMILES string of the molecule is CC(c1ccc(Cl)cc1Cl)N1C(=O)CCC1=O. The number of rotatable bonds is 2. The van der Waals surface area contributed by atoms with Crippen LogP contribution in [0.1, 0.15) is 31.4 Å². The maximum Gasteiger partial charge on any atom is 0.230 e. The number of amides is 2. The second-order valence-corrected chi connectivity index (χ2v) is 4.84. The van der Waals surface area contributed by atoms with Gasteiger partial charge in [-0.1, -0.05) is 29.3 Å². The first kappa shape index (κ1) is 12.4. The Labute approximate surface area is 109 Å². The zero-order valence-electron chi connectivity index (χ0n) is 9.24. The summed E-state index contributed by atoms with van der Waals surface area (Å²) in [7, 11) is 0. The molecular formula is C12H11Cl2NO2. The monoisotopic (exact) mass is 271 g/mol. The molecular weight excluding hydrogens is 261 g/mol. The molecule has 90 valence electrons. The average Bonchev–Trinajstić information content (AvgIpc) is 2.58. The fourth-order valence-electron chi connectivity index (χ4n) is 2.01. The Hall–Kier alpha value is -1.06. The fourth-order valence-corrected chi connectivity index (χ4v) is 2.57.